The third-order valence-electron chi connectivity index (χ3n) is 7.40. The molecule has 4 rings (SSSR count). The summed E-state index contributed by atoms with van der Waals surface area (Å²) in [6.45, 7) is 0. The molecule has 0 heterocycles. The molecule has 0 aliphatic heterocycles. The molecule has 4 aromatic carbocycles. The number of hydrogen-bond acceptors (Lipinski definition) is 8. The summed E-state index contributed by atoms with van der Waals surface area (Å²) in [7, 11) is 0. The zero-order valence-electron chi connectivity index (χ0n) is 27.0. The second-order valence-corrected chi connectivity index (χ2v) is 11.5. The lowest BCUT2D eigenvalue weighted by Gasteiger charge is -2.24. The first-order valence-electron chi connectivity index (χ1n) is 15.5. The lowest BCUT2D eigenvalue weighted by atomic mass is 10.0. The molecule has 4 aromatic rings. The summed E-state index contributed by atoms with van der Waals surface area (Å²) in [6, 6.07) is 18.1. The van der Waals surface area contributed by atoms with Gasteiger partial charge in [-0.1, -0.05) is 24.3 Å². The number of halogens is 8. The fraction of sp³-hybridized carbons (Fsp3) is 0.278. The van der Waals surface area contributed by atoms with Crippen LogP contribution in [0.3, 0.4) is 0 Å². The summed E-state index contributed by atoms with van der Waals surface area (Å²) in [5.74, 6) is -4.07. The van der Waals surface area contributed by atoms with Crippen LogP contribution in [0.5, 0.6) is 11.5 Å². The first-order valence-corrected chi connectivity index (χ1v) is 15.5. The largest absolute Gasteiger partial charge is 0.490 e. The van der Waals surface area contributed by atoms with Gasteiger partial charge in [-0.2, -0.15) is 26.3 Å². The van der Waals surface area contributed by atoms with Crippen molar-refractivity contribution in [1.29, 1.82) is 0 Å². The number of nitrogens with two attached hydrogens (primary N) is 2. The predicted octanol–water partition coefficient (Wildman–Crippen LogP) is 7.12. The van der Waals surface area contributed by atoms with Gasteiger partial charge in [0.2, 0.25) is 0 Å². The van der Waals surface area contributed by atoms with Crippen molar-refractivity contribution in [2.45, 2.75) is 62.7 Å². The van der Waals surface area contributed by atoms with Gasteiger partial charge in [0.05, 0.1) is 11.1 Å². The highest BCUT2D eigenvalue weighted by Crippen LogP contribution is 2.32. The van der Waals surface area contributed by atoms with Gasteiger partial charge in [-0.05, 0) is 83.9 Å². The van der Waals surface area contributed by atoms with E-state index in [1.165, 1.54) is 48.5 Å². The Balaban J connectivity index is 1.38. The van der Waals surface area contributed by atoms with Crippen molar-refractivity contribution >= 4 is 11.9 Å². The molecule has 278 valence electrons. The molecular formula is C36H32F8N2O6. The maximum atomic E-state index is 13.4. The number of esters is 2. The topological polar surface area (TPSA) is 123 Å². The molecule has 0 spiro atoms. The Morgan fingerprint density at radius 3 is 1.12 bits per heavy atom. The summed E-state index contributed by atoms with van der Waals surface area (Å²) >= 11 is 0. The number of hydrogen-bond donors (Lipinski definition) is 2. The smallest absolute Gasteiger partial charge is 0.419 e. The molecule has 8 nitrogen and oxygen atoms in total. The standard InChI is InChI=1S/C36H32F8N2O6/c37-25-9-1-21(2-10-25)17-29(49-27-13-5-23(6-14-27)35(39,40)41)19-31(45)51-33(47)34(48)52-32(46)20-30(18-22-3-11-26(38)12-4-22)50-28-15-7-24(8-16-28)36(42,43)44/h1-16,29-32H,17-20,45-46H2. The first-order chi connectivity index (χ1) is 24.4. The van der Waals surface area contributed by atoms with Gasteiger partial charge in [-0.15, -0.1) is 0 Å². The fourth-order valence-corrected chi connectivity index (χ4v) is 4.93. The molecule has 16 heteroatoms. The van der Waals surface area contributed by atoms with E-state index < -0.39 is 71.7 Å². The van der Waals surface area contributed by atoms with Gasteiger partial charge in [0.15, 0.2) is 12.5 Å². The fourth-order valence-electron chi connectivity index (χ4n) is 4.93. The van der Waals surface area contributed by atoms with Crippen molar-refractivity contribution in [2.75, 3.05) is 0 Å². The number of rotatable bonds is 14. The summed E-state index contributed by atoms with van der Waals surface area (Å²) in [4.78, 5) is 25.2. The number of carbonyl (C=O) groups excluding carboxylic acids is 2. The van der Waals surface area contributed by atoms with Crippen LogP contribution in [0.2, 0.25) is 0 Å². The van der Waals surface area contributed by atoms with E-state index in [-0.39, 0.29) is 37.2 Å². The third kappa shape index (κ3) is 12.5. The Bertz CT molecular complexity index is 1620. The molecule has 0 saturated heterocycles. The van der Waals surface area contributed by atoms with Crippen molar-refractivity contribution in [3.8, 4) is 11.5 Å². The molecule has 0 saturated carbocycles. The minimum absolute atomic E-state index is 0.0257. The lowest BCUT2D eigenvalue weighted by molar-refractivity contribution is -0.175. The van der Waals surface area contributed by atoms with Gasteiger partial charge >= 0.3 is 24.3 Å². The third-order valence-corrected chi connectivity index (χ3v) is 7.40. The van der Waals surface area contributed by atoms with E-state index in [0.717, 1.165) is 48.5 Å². The number of alkyl halides is 6. The normalized spacial score (nSPS) is 14.1. The second kappa shape index (κ2) is 17.3. The molecule has 0 aliphatic rings. The summed E-state index contributed by atoms with van der Waals surface area (Å²) in [5, 5.41) is 0. The van der Waals surface area contributed by atoms with Crippen LogP contribution in [0.15, 0.2) is 97.1 Å². The van der Waals surface area contributed by atoms with Gasteiger partial charge in [0.1, 0.15) is 35.3 Å². The van der Waals surface area contributed by atoms with Crippen LogP contribution >= 0.6 is 0 Å². The molecule has 0 aliphatic carbocycles. The minimum Gasteiger partial charge on any atom is -0.490 e. The van der Waals surface area contributed by atoms with E-state index in [2.05, 4.69) is 0 Å². The molecule has 0 bridgehead atoms. The zero-order chi connectivity index (χ0) is 38.1. The van der Waals surface area contributed by atoms with E-state index in [1.807, 2.05) is 0 Å². The lowest BCUT2D eigenvalue weighted by Crippen LogP contribution is -2.40. The predicted molar refractivity (Wildman–Crippen MR) is 169 cm³/mol. The van der Waals surface area contributed by atoms with E-state index in [0.29, 0.717) is 11.1 Å². The van der Waals surface area contributed by atoms with Crippen LogP contribution < -0.4 is 20.9 Å². The summed E-state index contributed by atoms with van der Waals surface area (Å²) in [6.07, 6.45) is -14.5. The van der Waals surface area contributed by atoms with Gasteiger partial charge in [-0.25, -0.2) is 18.4 Å². The Labute approximate surface area is 292 Å². The SMILES string of the molecule is NC(CC(Cc1ccc(F)cc1)Oc1ccc(C(F)(F)F)cc1)OC(=O)C(=O)OC(N)CC(Cc1ccc(F)cc1)Oc1ccc(C(F)(F)F)cc1. The van der Waals surface area contributed by atoms with Crippen LogP contribution in [0.25, 0.3) is 0 Å². The molecule has 0 amide bonds. The Kier molecular flexibility index (Phi) is 13.2. The highest BCUT2D eigenvalue weighted by Gasteiger charge is 2.32. The van der Waals surface area contributed by atoms with Gasteiger partial charge in [0, 0.05) is 25.7 Å². The van der Waals surface area contributed by atoms with Crippen LogP contribution in [0, 0.1) is 11.6 Å². The van der Waals surface area contributed by atoms with Gasteiger partial charge in [-0.3, -0.25) is 11.5 Å². The highest BCUT2D eigenvalue weighted by molar-refractivity contribution is 6.29. The van der Waals surface area contributed by atoms with Crippen LogP contribution in [-0.4, -0.2) is 36.6 Å². The molecule has 0 fully saturated rings. The molecule has 4 atom stereocenters. The average molecular weight is 741 g/mol. The molecule has 52 heavy (non-hydrogen) atoms. The van der Waals surface area contributed by atoms with E-state index >= 15 is 0 Å². The van der Waals surface area contributed by atoms with E-state index in [4.69, 9.17) is 30.4 Å². The minimum atomic E-state index is -4.58. The Hall–Kier alpha value is -5.22. The maximum absolute atomic E-state index is 13.4. The van der Waals surface area contributed by atoms with Gasteiger partial charge < -0.3 is 18.9 Å². The number of carbonyl (C=O) groups is 2. The van der Waals surface area contributed by atoms with Crippen LogP contribution in [-0.2, 0) is 44.3 Å². The van der Waals surface area contributed by atoms with Crippen molar-refractivity contribution in [3.05, 3.63) is 131 Å². The summed E-state index contributed by atoms with van der Waals surface area (Å²) in [5.41, 5.74) is 11.2. The molecule has 4 unspecified atom stereocenters. The van der Waals surface area contributed by atoms with Crippen LogP contribution in [0.1, 0.15) is 35.1 Å². The Morgan fingerprint density at radius 1 is 0.519 bits per heavy atom. The number of benzene rings is 4. The average Bonchev–Trinajstić information content (AvgIpc) is 3.06. The zero-order valence-corrected chi connectivity index (χ0v) is 27.0. The monoisotopic (exact) mass is 740 g/mol. The molecular weight excluding hydrogens is 708 g/mol. The molecule has 4 N–H and O–H groups in total. The Morgan fingerprint density at radius 2 is 0.827 bits per heavy atom. The number of ether oxygens (including phenoxy) is 4. The van der Waals surface area contributed by atoms with E-state index in [9.17, 15) is 44.7 Å². The maximum Gasteiger partial charge on any atom is 0.419 e. The summed E-state index contributed by atoms with van der Waals surface area (Å²) < 4.78 is 127. The van der Waals surface area contributed by atoms with Crippen molar-refractivity contribution in [3.63, 3.8) is 0 Å². The van der Waals surface area contributed by atoms with Gasteiger partial charge in [0.25, 0.3) is 0 Å². The quantitative estimate of drug-likeness (QED) is 0.0607. The highest BCUT2D eigenvalue weighted by atomic mass is 19.4. The van der Waals surface area contributed by atoms with Crippen molar-refractivity contribution in [1.82, 2.24) is 0 Å². The second-order valence-electron chi connectivity index (χ2n) is 11.5. The molecule has 0 aromatic heterocycles. The van der Waals surface area contributed by atoms with E-state index in [1.54, 1.807) is 0 Å². The first kappa shape index (κ1) is 39.6. The van der Waals surface area contributed by atoms with Crippen LogP contribution in [0.4, 0.5) is 35.1 Å². The van der Waals surface area contributed by atoms with Crippen molar-refractivity contribution < 1.29 is 63.7 Å². The van der Waals surface area contributed by atoms with Crippen molar-refractivity contribution in [2.24, 2.45) is 11.5 Å². The molecule has 0 radical (unpaired) electrons.